The number of hydrogen-bond acceptors (Lipinski definition) is 5. The largest absolute Gasteiger partial charge is 0.497 e. The van der Waals surface area contributed by atoms with Crippen molar-refractivity contribution in [1.29, 1.82) is 0 Å². The number of halogens is 3. The first kappa shape index (κ1) is 21.6. The van der Waals surface area contributed by atoms with E-state index in [1.807, 2.05) is 0 Å². The summed E-state index contributed by atoms with van der Waals surface area (Å²) < 4.78 is 70.9. The molecule has 0 bridgehead atoms. The van der Waals surface area contributed by atoms with Crippen molar-refractivity contribution in [2.24, 2.45) is 0 Å². The molecule has 0 amide bonds. The number of alkyl halides is 3. The Bertz CT molecular complexity index is 945. The van der Waals surface area contributed by atoms with Crippen molar-refractivity contribution in [2.45, 2.75) is 41.7 Å². The molecule has 1 aliphatic carbocycles. The monoisotopic (exact) mass is 431 g/mol. The third kappa shape index (κ3) is 4.55. The summed E-state index contributed by atoms with van der Waals surface area (Å²) in [4.78, 5) is -0.368. The highest BCUT2D eigenvalue weighted by Crippen LogP contribution is 2.37. The molecular weight excluding hydrogens is 411 g/mol. The topological polar surface area (TPSA) is 95.9 Å². The van der Waals surface area contributed by atoms with Crippen LogP contribution in [-0.4, -0.2) is 44.0 Å². The summed E-state index contributed by atoms with van der Waals surface area (Å²) in [5, 5.41) is 20.4. The van der Waals surface area contributed by atoms with Gasteiger partial charge in [0, 0.05) is 5.92 Å². The smallest absolute Gasteiger partial charge is 0.416 e. The Labute approximate surface area is 166 Å². The van der Waals surface area contributed by atoms with Crippen LogP contribution in [0.1, 0.15) is 23.5 Å². The van der Waals surface area contributed by atoms with Crippen LogP contribution in [0, 0.1) is 0 Å². The highest BCUT2D eigenvalue weighted by Gasteiger charge is 2.44. The molecule has 4 atom stereocenters. The quantitative estimate of drug-likeness (QED) is 0.675. The van der Waals surface area contributed by atoms with Gasteiger partial charge in [0.15, 0.2) is 0 Å². The second kappa shape index (κ2) is 7.94. The zero-order valence-electron chi connectivity index (χ0n) is 15.3. The molecule has 0 spiro atoms. The van der Waals surface area contributed by atoms with Gasteiger partial charge in [0.05, 0.1) is 35.8 Å². The highest BCUT2D eigenvalue weighted by atomic mass is 32.2. The summed E-state index contributed by atoms with van der Waals surface area (Å²) >= 11 is 0. The Kier molecular flexibility index (Phi) is 5.91. The lowest BCUT2D eigenvalue weighted by atomic mass is 9.94. The van der Waals surface area contributed by atoms with Crippen LogP contribution in [0.5, 0.6) is 5.75 Å². The van der Waals surface area contributed by atoms with Crippen LogP contribution in [0.2, 0.25) is 0 Å². The lowest BCUT2D eigenvalue weighted by Gasteiger charge is -2.24. The van der Waals surface area contributed by atoms with E-state index in [0.717, 1.165) is 12.1 Å². The number of rotatable bonds is 5. The SMILES string of the molecule is COc1ccc(C2CC(O)C(O)C2NS(=O)(=O)c2ccc(C(F)(F)F)cc2)cc1. The number of benzene rings is 2. The van der Waals surface area contributed by atoms with Crippen LogP contribution >= 0.6 is 0 Å². The van der Waals surface area contributed by atoms with Crippen molar-refractivity contribution in [3.8, 4) is 5.75 Å². The predicted octanol–water partition coefficient (Wildman–Crippen LogP) is 2.27. The molecule has 10 heteroatoms. The van der Waals surface area contributed by atoms with E-state index in [-0.39, 0.29) is 11.3 Å². The standard InChI is InChI=1S/C19H20F3NO5S/c1-28-13-6-2-11(3-7-13)15-10-16(24)18(25)17(15)23-29(26,27)14-8-4-12(5-9-14)19(20,21)22/h2-9,15-18,23-25H,10H2,1H3. The average molecular weight is 431 g/mol. The minimum atomic E-state index is -4.58. The Hall–Kier alpha value is -2.14. The van der Waals surface area contributed by atoms with E-state index in [1.165, 1.54) is 7.11 Å². The van der Waals surface area contributed by atoms with Crippen LogP contribution in [0.3, 0.4) is 0 Å². The van der Waals surface area contributed by atoms with E-state index < -0.39 is 45.9 Å². The molecule has 3 N–H and O–H groups in total. The molecule has 158 valence electrons. The average Bonchev–Trinajstić information content (AvgIpc) is 2.95. The third-order valence-corrected chi connectivity index (χ3v) is 6.49. The molecule has 0 radical (unpaired) electrons. The molecule has 2 aromatic rings. The van der Waals surface area contributed by atoms with Gasteiger partial charge in [-0.25, -0.2) is 13.1 Å². The zero-order chi connectivity index (χ0) is 21.4. The minimum Gasteiger partial charge on any atom is -0.497 e. The first-order valence-corrected chi connectivity index (χ1v) is 10.2. The normalized spacial score (nSPS) is 25.2. The number of ether oxygens (including phenoxy) is 1. The molecular formula is C19H20F3NO5S. The van der Waals surface area contributed by atoms with E-state index in [0.29, 0.717) is 23.4 Å². The molecule has 0 aliphatic heterocycles. The van der Waals surface area contributed by atoms with Gasteiger partial charge in [-0.15, -0.1) is 0 Å². The van der Waals surface area contributed by atoms with Gasteiger partial charge in [0.25, 0.3) is 0 Å². The third-order valence-electron chi connectivity index (χ3n) is 5.02. The highest BCUT2D eigenvalue weighted by molar-refractivity contribution is 7.89. The van der Waals surface area contributed by atoms with Crippen molar-refractivity contribution in [1.82, 2.24) is 4.72 Å². The number of aliphatic hydroxyl groups excluding tert-OH is 2. The first-order valence-electron chi connectivity index (χ1n) is 8.72. The molecule has 6 nitrogen and oxygen atoms in total. The maximum Gasteiger partial charge on any atom is 0.416 e. The molecule has 0 aromatic heterocycles. The summed E-state index contributed by atoms with van der Waals surface area (Å²) in [6.07, 6.45) is -6.98. The summed E-state index contributed by atoms with van der Waals surface area (Å²) in [5.41, 5.74) is -0.287. The molecule has 3 rings (SSSR count). The summed E-state index contributed by atoms with van der Waals surface area (Å²) in [6, 6.07) is 8.76. The second-order valence-corrected chi connectivity index (χ2v) is 8.56. The van der Waals surface area contributed by atoms with Gasteiger partial charge in [-0.1, -0.05) is 12.1 Å². The van der Waals surface area contributed by atoms with Crippen LogP contribution in [-0.2, 0) is 16.2 Å². The van der Waals surface area contributed by atoms with E-state index in [2.05, 4.69) is 4.72 Å². The van der Waals surface area contributed by atoms with Crippen molar-refractivity contribution in [3.05, 3.63) is 59.7 Å². The van der Waals surface area contributed by atoms with E-state index in [9.17, 15) is 31.8 Å². The summed E-state index contributed by atoms with van der Waals surface area (Å²) in [6.45, 7) is 0. The van der Waals surface area contributed by atoms with E-state index >= 15 is 0 Å². The maximum atomic E-state index is 12.7. The Morgan fingerprint density at radius 1 is 1.03 bits per heavy atom. The number of sulfonamides is 1. The lowest BCUT2D eigenvalue weighted by molar-refractivity contribution is -0.137. The van der Waals surface area contributed by atoms with Crippen molar-refractivity contribution >= 4 is 10.0 Å². The second-order valence-electron chi connectivity index (χ2n) is 6.84. The van der Waals surface area contributed by atoms with Crippen molar-refractivity contribution < 1.29 is 36.5 Å². The number of methoxy groups -OCH3 is 1. The molecule has 0 saturated heterocycles. The fourth-order valence-electron chi connectivity index (χ4n) is 3.44. The predicted molar refractivity (Wildman–Crippen MR) is 97.9 cm³/mol. The zero-order valence-corrected chi connectivity index (χ0v) is 16.1. The number of nitrogens with one attached hydrogen (secondary N) is 1. The first-order chi connectivity index (χ1) is 13.5. The molecule has 1 saturated carbocycles. The molecule has 1 aliphatic rings. The summed E-state index contributed by atoms with van der Waals surface area (Å²) in [5.74, 6) is 0.0601. The van der Waals surface area contributed by atoms with E-state index in [4.69, 9.17) is 4.74 Å². The van der Waals surface area contributed by atoms with Gasteiger partial charge in [0.1, 0.15) is 5.75 Å². The van der Waals surface area contributed by atoms with Crippen molar-refractivity contribution in [3.63, 3.8) is 0 Å². The van der Waals surface area contributed by atoms with Crippen LogP contribution < -0.4 is 9.46 Å². The molecule has 4 unspecified atom stereocenters. The van der Waals surface area contributed by atoms with Gasteiger partial charge < -0.3 is 14.9 Å². The Morgan fingerprint density at radius 3 is 2.14 bits per heavy atom. The van der Waals surface area contributed by atoms with E-state index in [1.54, 1.807) is 24.3 Å². The maximum absolute atomic E-state index is 12.7. The molecule has 0 heterocycles. The molecule has 1 fully saturated rings. The summed E-state index contributed by atoms with van der Waals surface area (Å²) in [7, 11) is -2.73. The molecule has 2 aromatic carbocycles. The van der Waals surface area contributed by atoms with Gasteiger partial charge in [-0.2, -0.15) is 13.2 Å². The number of aliphatic hydroxyl groups is 2. The van der Waals surface area contributed by atoms with Gasteiger partial charge >= 0.3 is 6.18 Å². The molecule has 29 heavy (non-hydrogen) atoms. The lowest BCUT2D eigenvalue weighted by Crippen LogP contribution is -2.45. The van der Waals surface area contributed by atoms with Crippen LogP contribution in [0.25, 0.3) is 0 Å². The number of hydrogen-bond donors (Lipinski definition) is 3. The van der Waals surface area contributed by atoms with Crippen LogP contribution in [0.15, 0.2) is 53.4 Å². The fourth-order valence-corrected chi connectivity index (χ4v) is 4.73. The van der Waals surface area contributed by atoms with Gasteiger partial charge in [-0.3, -0.25) is 0 Å². The Balaban J connectivity index is 1.86. The minimum absolute atomic E-state index is 0.119. The van der Waals surface area contributed by atoms with Crippen LogP contribution in [0.4, 0.5) is 13.2 Å². The Morgan fingerprint density at radius 2 is 1.62 bits per heavy atom. The fraction of sp³-hybridized carbons (Fsp3) is 0.368. The van der Waals surface area contributed by atoms with Crippen molar-refractivity contribution in [2.75, 3.05) is 7.11 Å². The van der Waals surface area contributed by atoms with Gasteiger partial charge in [0.2, 0.25) is 10.0 Å². The van der Waals surface area contributed by atoms with Gasteiger partial charge in [-0.05, 0) is 48.4 Å².